The topological polar surface area (TPSA) is 126 Å². The summed E-state index contributed by atoms with van der Waals surface area (Å²) in [4.78, 5) is 25.5. The minimum Gasteiger partial charge on any atom is -0.449 e. The largest absolute Gasteiger partial charge is 0.449 e. The molecule has 5 rings (SSSR count). The summed E-state index contributed by atoms with van der Waals surface area (Å²) in [5.41, 5.74) is 5.59. The zero-order chi connectivity index (χ0) is 36.5. The van der Waals surface area contributed by atoms with Crippen molar-refractivity contribution < 1.29 is 34.0 Å². The average molecular weight is 705 g/mol. The van der Waals surface area contributed by atoms with Crippen LogP contribution in [0.3, 0.4) is 0 Å². The van der Waals surface area contributed by atoms with Gasteiger partial charge in [0.2, 0.25) is 5.91 Å². The molecule has 1 unspecified atom stereocenters. The molecule has 9 nitrogen and oxygen atoms in total. The SMILES string of the molecule is C/C(=C\[C@@H](C)CC[C@@H]1CCCC2(CC[C@H](C)[C@@H](CCCNC(=O)[C@@H](C)[C@@H](O)CNC(=O)OCC3c4ccccc4-c4ccccc43)O2)O1)[C@H](C)O. The van der Waals surface area contributed by atoms with Crippen LogP contribution in [-0.4, -0.2) is 72.1 Å². The number of ether oxygens (including phenoxy) is 3. The molecule has 2 fully saturated rings. The third-order valence-corrected chi connectivity index (χ3v) is 11.4. The van der Waals surface area contributed by atoms with E-state index in [2.05, 4.69) is 54.8 Å². The number of nitrogens with one attached hydrogen (secondary N) is 2. The maximum Gasteiger partial charge on any atom is 0.407 e. The predicted octanol–water partition coefficient (Wildman–Crippen LogP) is 7.24. The van der Waals surface area contributed by atoms with Crippen LogP contribution in [0.5, 0.6) is 0 Å². The molecule has 2 saturated heterocycles. The molecule has 2 aliphatic heterocycles. The van der Waals surface area contributed by atoms with Gasteiger partial charge in [-0.1, -0.05) is 75.4 Å². The van der Waals surface area contributed by atoms with Crippen LogP contribution in [0.1, 0.15) is 109 Å². The van der Waals surface area contributed by atoms with E-state index in [1.165, 1.54) is 0 Å². The lowest BCUT2D eigenvalue weighted by Gasteiger charge is -2.48. The second-order valence-corrected chi connectivity index (χ2v) is 15.4. The van der Waals surface area contributed by atoms with Crippen LogP contribution in [-0.2, 0) is 19.0 Å². The number of carbonyl (C=O) groups excluding carboxylic acids is 2. The van der Waals surface area contributed by atoms with E-state index in [0.717, 1.165) is 85.6 Å². The molecule has 280 valence electrons. The lowest BCUT2D eigenvalue weighted by molar-refractivity contribution is -0.324. The zero-order valence-electron chi connectivity index (χ0n) is 31.2. The van der Waals surface area contributed by atoms with Crippen molar-refractivity contribution >= 4 is 12.0 Å². The first-order valence-electron chi connectivity index (χ1n) is 19.2. The number of carbonyl (C=O) groups is 2. The third kappa shape index (κ3) is 10.2. The van der Waals surface area contributed by atoms with Gasteiger partial charge in [-0.3, -0.25) is 4.79 Å². The average Bonchev–Trinajstić information content (AvgIpc) is 3.45. The molecule has 3 aliphatic rings. The van der Waals surface area contributed by atoms with Gasteiger partial charge in [0.1, 0.15) is 6.61 Å². The molecule has 0 bridgehead atoms. The summed E-state index contributed by atoms with van der Waals surface area (Å²) < 4.78 is 19.0. The third-order valence-electron chi connectivity index (χ3n) is 11.4. The molecule has 2 aromatic rings. The number of rotatable bonds is 15. The number of fused-ring (bicyclic) bond motifs is 3. The first kappa shape index (κ1) is 39.0. The van der Waals surface area contributed by atoms with Gasteiger partial charge in [-0.2, -0.15) is 0 Å². The van der Waals surface area contributed by atoms with E-state index in [1.54, 1.807) is 13.8 Å². The fraction of sp³-hybridized carbons (Fsp3) is 0.619. The monoisotopic (exact) mass is 704 g/mol. The molecule has 8 atom stereocenters. The molecule has 0 saturated carbocycles. The van der Waals surface area contributed by atoms with Crippen LogP contribution in [0.4, 0.5) is 4.79 Å². The molecular formula is C42H60N2O7. The Labute approximate surface area is 304 Å². The van der Waals surface area contributed by atoms with Crippen molar-refractivity contribution in [3.8, 4) is 11.1 Å². The van der Waals surface area contributed by atoms with Gasteiger partial charge in [0, 0.05) is 31.8 Å². The predicted molar refractivity (Wildman–Crippen MR) is 199 cm³/mol. The van der Waals surface area contributed by atoms with E-state index in [0.29, 0.717) is 18.4 Å². The highest BCUT2D eigenvalue weighted by Gasteiger charge is 2.44. The Hall–Kier alpha value is -3.24. The van der Waals surface area contributed by atoms with Crippen molar-refractivity contribution in [1.82, 2.24) is 10.6 Å². The van der Waals surface area contributed by atoms with Crippen LogP contribution < -0.4 is 10.6 Å². The van der Waals surface area contributed by atoms with Crippen molar-refractivity contribution in [2.75, 3.05) is 19.7 Å². The van der Waals surface area contributed by atoms with Crippen LogP contribution in [0.2, 0.25) is 0 Å². The van der Waals surface area contributed by atoms with Gasteiger partial charge in [0.05, 0.1) is 30.3 Å². The summed E-state index contributed by atoms with van der Waals surface area (Å²) in [5, 5.41) is 26.1. The minimum atomic E-state index is -1.05. The van der Waals surface area contributed by atoms with E-state index in [4.69, 9.17) is 14.2 Å². The quantitative estimate of drug-likeness (QED) is 0.114. The smallest absolute Gasteiger partial charge is 0.407 e. The molecular weight excluding hydrogens is 644 g/mol. The van der Waals surface area contributed by atoms with Crippen molar-refractivity contribution in [2.24, 2.45) is 17.8 Å². The summed E-state index contributed by atoms with van der Waals surface area (Å²) in [5.74, 6) is -0.722. The Morgan fingerprint density at radius 3 is 2.33 bits per heavy atom. The van der Waals surface area contributed by atoms with Crippen LogP contribution in [0.25, 0.3) is 11.1 Å². The second-order valence-electron chi connectivity index (χ2n) is 15.4. The van der Waals surface area contributed by atoms with Crippen molar-refractivity contribution in [3.63, 3.8) is 0 Å². The Balaban J connectivity index is 0.995. The first-order valence-corrected chi connectivity index (χ1v) is 19.2. The highest BCUT2D eigenvalue weighted by molar-refractivity contribution is 5.79. The zero-order valence-corrected chi connectivity index (χ0v) is 31.2. The Kier molecular flexibility index (Phi) is 13.8. The number of aliphatic hydroxyl groups is 2. The van der Waals surface area contributed by atoms with Gasteiger partial charge in [-0.05, 0) is 98.5 Å². The summed E-state index contributed by atoms with van der Waals surface area (Å²) in [6.07, 6.45) is 8.93. The molecule has 9 heteroatoms. The molecule has 51 heavy (non-hydrogen) atoms. The lowest BCUT2D eigenvalue weighted by atomic mass is 9.85. The number of allylic oxidation sites excluding steroid dienone is 1. The number of alkyl carbamates (subject to hydrolysis) is 1. The van der Waals surface area contributed by atoms with Gasteiger partial charge >= 0.3 is 6.09 Å². The highest BCUT2D eigenvalue weighted by Crippen LogP contribution is 2.45. The van der Waals surface area contributed by atoms with Gasteiger partial charge < -0.3 is 35.1 Å². The van der Waals surface area contributed by atoms with E-state index in [1.807, 2.05) is 31.2 Å². The number of aliphatic hydroxyl groups excluding tert-OH is 2. The normalized spacial score (nSPS) is 25.7. The summed E-state index contributed by atoms with van der Waals surface area (Å²) in [6, 6.07) is 16.3. The summed E-state index contributed by atoms with van der Waals surface area (Å²) in [6.45, 7) is 10.5. The first-order chi connectivity index (χ1) is 24.5. The summed E-state index contributed by atoms with van der Waals surface area (Å²) in [7, 11) is 0. The summed E-state index contributed by atoms with van der Waals surface area (Å²) >= 11 is 0. The van der Waals surface area contributed by atoms with E-state index >= 15 is 0 Å². The molecule has 2 aromatic carbocycles. The molecule has 1 spiro atoms. The molecule has 1 aliphatic carbocycles. The fourth-order valence-corrected chi connectivity index (χ4v) is 7.91. The van der Waals surface area contributed by atoms with Crippen molar-refractivity contribution in [1.29, 1.82) is 0 Å². The standard InChI is InChI=1S/C42H60N2O7/c1-27(24-29(3)31(5)45)18-19-32-12-10-21-42(50-32)22-20-28(2)39(51-42)17-11-23-43-40(47)30(4)38(46)25-44-41(48)49-26-37-35-15-8-6-13-33(35)34-14-7-9-16-36(34)37/h6-9,13-16,24,27-28,30-32,37-39,45-46H,10-12,17-23,25-26H2,1-5H3,(H,43,47)(H,44,48)/b29-24+/t27-,28-,30-,31-,32-,38-,39+,42?/m0/s1. The second kappa shape index (κ2) is 18.0. The lowest BCUT2D eigenvalue weighted by Crippen LogP contribution is -2.50. The van der Waals surface area contributed by atoms with Crippen LogP contribution in [0.15, 0.2) is 60.2 Å². The Morgan fingerprint density at radius 1 is 0.961 bits per heavy atom. The molecule has 4 N–H and O–H groups in total. The number of benzene rings is 2. The van der Waals surface area contributed by atoms with Gasteiger partial charge in [0.15, 0.2) is 5.79 Å². The van der Waals surface area contributed by atoms with Gasteiger partial charge in [-0.25, -0.2) is 4.79 Å². The maximum absolute atomic E-state index is 12.9. The number of hydrogen-bond donors (Lipinski definition) is 4. The van der Waals surface area contributed by atoms with Crippen molar-refractivity contribution in [3.05, 3.63) is 71.3 Å². The van der Waals surface area contributed by atoms with Crippen LogP contribution in [0, 0.1) is 17.8 Å². The maximum atomic E-state index is 12.9. The molecule has 2 heterocycles. The minimum absolute atomic E-state index is 0.0500. The van der Waals surface area contributed by atoms with Crippen molar-refractivity contribution in [2.45, 2.75) is 129 Å². The van der Waals surface area contributed by atoms with E-state index in [9.17, 15) is 19.8 Å². The van der Waals surface area contributed by atoms with Gasteiger partial charge in [0.25, 0.3) is 0 Å². The van der Waals surface area contributed by atoms with E-state index < -0.39 is 30.0 Å². The van der Waals surface area contributed by atoms with Gasteiger partial charge in [-0.15, -0.1) is 0 Å². The Bertz CT molecular complexity index is 1450. The number of amides is 2. The number of hydrogen-bond acceptors (Lipinski definition) is 7. The molecule has 0 aromatic heterocycles. The fourth-order valence-electron chi connectivity index (χ4n) is 7.91. The van der Waals surface area contributed by atoms with Crippen LogP contribution >= 0.6 is 0 Å². The molecule has 2 amide bonds. The Morgan fingerprint density at radius 2 is 1.65 bits per heavy atom. The van der Waals surface area contributed by atoms with E-state index in [-0.39, 0.29) is 37.2 Å². The highest BCUT2D eigenvalue weighted by atomic mass is 16.7. The molecule has 0 radical (unpaired) electrons.